The van der Waals surface area contributed by atoms with Crippen LogP contribution in [0.2, 0.25) is 0 Å². The van der Waals surface area contributed by atoms with Gasteiger partial charge in [0.05, 0.1) is 0 Å². The molecule has 1 aliphatic heterocycles. The summed E-state index contributed by atoms with van der Waals surface area (Å²) in [6.45, 7) is 0. The largest absolute Gasteiger partial charge is 0.277 e. The lowest BCUT2D eigenvalue weighted by molar-refractivity contribution is -0.119. The Morgan fingerprint density at radius 1 is 0.821 bits per heavy atom. The van der Waals surface area contributed by atoms with Gasteiger partial charge in [0, 0.05) is 19.0 Å². The number of rotatable bonds is 6. The molecule has 0 atom stereocenters. The minimum absolute atomic E-state index is 0.0177. The highest BCUT2D eigenvalue weighted by atomic mass is 16.2. The molecule has 4 rings (SSSR count). The molecule has 1 amide bonds. The van der Waals surface area contributed by atoms with Crippen LogP contribution < -0.4 is 10.4 Å². The number of benzene rings is 2. The number of amidine groups is 1. The number of aromatic nitrogens is 1. The molecule has 0 fully saturated rings. The van der Waals surface area contributed by atoms with Crippen LogP contribution in [0, 0.1) is 0 Å². The lowest BCUT2D eigenvalue weighted by atomic mass is 10.1. The maximum Gasteiger partial charge on any atom is 0.247 e. The number of amides is 1. The van der Waals surface area contributed by atoms with E-state index in [2.05, 4.69) is 27.5 Å². The number of nitrogens with one attached hydrogen (secondary N) is 1. The Hall–Kier alpha value is -3.47. The molecule has 1 aliphatic rings. The van der Waals surface area contributed by atoms with Crippen LogP contribution in [0.1, 0.15) is 24.0 Å². The summed E-state index contributed by atoms with van der Waals surface area (Å²) in [5.41, 5.74) is 6.29. The number of nitrogens with zero attached hydrogens (tertiary/aromatic N) is 3. The van der Waals surface area contributed by atoms with Crippen LogP contribution in [0.15, 0.2) is 84.0 Å². The fourth-order valence-electron chi connectivity index (χ4n) is 3.21. The van der Waals surface area contributed by atoms with Gasteiger partial charge in [-0.25, -0.2) is 15.0 Å². The molecule has 28 heavy (non-hydrogen) atoms. The summed E-state index contributed by atoms with van der Waals surface area (Å²) in [5, 5.41) is 1.55. The smallest absolute Gasteiger partial charge is 0.247 e. The standard InChI is InChI=1S/C23H22N4O/c28-22(16-14-19-10-5-2-6-11-19)27-23-20(12-7-17-24-23)25-21(26-27)15-13-18-8-3-1-4-9-18/h1-12,17H,13-16H2,(H,25,26). The van der Waals surface area contributed by atoms with E-state index in [1.54, 1.807) is 11.2 Å². The molecule has 140 valence electrons. The Morgan fingerprint density at radius 2 is 1.50 bits per heavy atom. The van der Waals surface area contributed by atoms with E-state index in [0.717, 1.165) is 29.9 Å². The van der Waals surface area contributed by atoms with E-state index in [1.165, 1.54) is 5.56 Å². The number of carbonyl (C=O) groups is 1. The van der Waals surface area contributed by atoms with Crippen LogP contribution in [-0.4, -0.2) is 16.7 Å². The number of carbonyl (C=O) groups excluding carboxylic acids is 1. The third kappa shape index (κ3) is 4.26. The van der Waals surface area contributed by atoms with E-state index >= 15 is 0 Å². The third-order valence-electron chi connectivity index (χ3n) is 4.69. The highest BCUT2D eigenvalue weighted by molar-refractivity contribution is 6.02. The molecule has 5 heteroatoms. The van der Waals surface area contributed by atoms with Crippen molar-refractivity contribution in [2.75, 3.05) is 5.01 Å². The second kappa shape index (κ2) is 8.48. The lowest BCUT2D eigenvalue weighted by Gasteiger charge is -2.29. The maximum atomic E-state index is 12.9. The normalized spacial score (nSPS) is 12.7. The summed E-state index contributed by atoms with van der Waals surface area (Å²) >= 11 is 0. The van der Waals surface area contributed by atoms with Gasteiger partial charge in [0.2, 0.25) is 5.91 Å². The Balaban J connectivity index is 1.47. The summed E-state index contributed by atoms with van der Waals surface area (Å²) in [7, 11) is 0. The molecule has 0 aliphatic carbocycles. The van der Waals surface area contributed by atoms with Crippen LogP contribution in [0.5, 0.6) is 0 Å². The summed E-state index contributed by atoms with van der Waals surface area (Å²) in [5.74, 6) is 1.32. The average molecular weight is 370 g/mol. The van der Waals surface area contributed by atoms with Gasteiger partial charge in [-0.3, -0.25) is 10.2 Å². The Morgan fingerprint density at radius 3 is 2.21 bits per heavy atom. The molecule has 1 N–H and O–H groups in total. The van der Waals surface area contributed by atoms with Crippen LogP contribution >= 0.6 is 0 Å². The van der Waals surface area contributed by atoms with Crippen molar-refractivity contribution < 1.29 is 4.79 Å². The van der Waals surface area contributed by atoms with Crippen molar-refractivity contribution in [3.05, 3.63) is 90.1 Å². The van der Waals surface area contributed by atoms with Gasteiger partial charge in [-0.1, -0.05) is 60.7 Å². The number of hydrogen-bond donors (Lipinski definition) is 1. The number of hydrazine groups is 1. The van der Waals surface area contributed by atoms with Gasteiger partial charge in [-0.15, -0.1) is 0 Å². The zero-order valence-corrected chi connectivity index (χ0v) is 15.6. The van der Waals surface area contributed by atoms with Gasteiger partial charge in [0.25, 0.3) is 0 Å². The molecule has 0 saturated heterocycles. The number of fused-ring (bicyclic) bond motifs is 1. The van der Waals surface area contributed by atoms with Crippen molar-refractivity contribution in [3.8, 4) is 0 Å². The molecule has 3 aromatic rings. The first-order chi connectivity index (χ1) is 13.8. The predicted molar refractivity (Wildman–Crippen MR) is 111 cm³/mol. The van der Waals surface area contributed by atoms with Gasteiger partial charge >= 0.3 is 0 Å². The van der Waals surface area contributed by atoms with E-state index in [9.17, 15) is 4.79 Å². The predicted octanol–water partition coefficient (Wildman–Crippen LogP) is 4.23. The second-order valence-electron chi connectivity index (χ2n) is 6.72. The van der Waals surface area contributed by atoms with Crippen molar-refractivity contribution in [1.82, 2.24) is 10.4 Å². The van der Waals surface area contributed by atoms with Crippen molar-refractivity contribution >= 4 is 23.2 Å². The first-order valence-corrected chi connectivity index (χ1v) is 9.49. The summed E-state index contributed by atoms with van der Waals surface area (Å²) in [6, 6.07) is 24.0. The minimum Gasteiger partial charge on any atom is -0.277 e. The second-order valence-corrected chi connectivity index (χ2v) is 6.72. The van der Waals surface area contributed by atoms with Crippen molar-refractivity contribution in [2.45, 2.75) is 25.7 Å². The summed E-state index contributed by atoms with van der Waals surface area (Å²) in [6.07, 6.45) is 4.35. The van der Waals surface area contributed by atoms with E-state index in [1.807, 2.05) is 60.7 Å². The molecule has 1 aromatic heterocycles. The molecule has 0 spiro atoms. The fourth-order valence-corrected chi connectivity index (χ4v) is 3.21. The van der Waals surface area contributed by atoms with Gasteiger partial charge in [-0.2, -0.15) is 0 Å². The fraction of sp³-hybridized carbons (Fsp3) is 0.174. The first-order valence-electron chi connectivity index (χ1n) is 9.49. The van der Waals surface area contributed by atoms with Crippen LogP contribution in [0.4, 0.5) is 11.5 Å². The monoisotopic (exact) mass is 370 g/mol. The van der Waals surface area contributed by atoms with Gasteiger partial charge in [-0.05, 0) is 36.1 Å². The van der Waals surface area contributed by atoms with Gasteiger partial charge < -0.3 is 0 Å². The minimum atomic E-state index is -0.0177. The van der Waals surface area contributed by atoms with Crippen LogP contribution in [-0.2, 0) is 17.6 Å². The molecule has 2 heterocycles. The molecule has 0 bridgehead atoms. The van der Waals surface area contributed by atoms with Crippen LogP contribution in [0.3, 0.4) is 0 Å². The topological polar surface area (TPSA) is 57.6 Å². The zero-order chi connectivity index (χ0) is 19.2. The first kappa shape index (κ1) is 17.9. The van der Waals surface area contributed by atoms with E-state index in [4.69, 9.17) is 0 Å². The highest BCUT2D eigenvalue weighted by Crippen LogP contribution is 2.29. The Bertz CT molecular complexity index is 970. The molecule has 2 aromatic carbocycles. The highest BCUT2D eigenvalue weighted by Gasteiger charge is 2.25. The van der Waals surface area contributed by atoms with Crippen molar-refractivity contribution in [2.24, 2.45) is 4.99 Å². The SMILES string of the molecule is O=C(CCc1ccccc1)N1NC(CCc2ccccc2)=Nc2cccnc21. The number of hydrogen-bond acceptors (Lipinski definition) is 4. The quantitative estimate of drug-likeness (QED) is 0.706. The average Bonchev–Trinajstić information content (AvgIpc) is 2.77. The summed E-state index contributed by atoms with van der Waals surface area (Å²) in [4.78, 5) is 21.9. The zero-order valence-electron chi connectivity index (χ0n) is 15.6. The van der Waals surface area contributed by atoms with Crippen molar-refractivity contribution in [3.63, 3.8) is 0 Å². The number of pyridine rings is 1. The van der Waals surface area contributed by atoms with Crippen molar-refractivity contribution in [1.29, 1.82) is 0 Å². The lowest BCUT2D eigenvalue weighted by Crippen LogP contribution is -2.49. The van der Waals surface area contributed by atoms with Crippen LogP contribution in [0.25, 0.3) is 0 Å². The molecular formula is C23H22N4O. The van der Waals surface area contributed by atoms with E-state index in [0.29, 0.717) is 18.7 Å². The Kier molecular flexibility index (Phi) is 5.43. The molecule has 0 radical (unpaired) electrons. The van der Waals surface area contributed by atoms with E-state index < -0.39 is 0 Å². The number of anilines is 1. The molecule has 5 nitrogen and oxygen atoms in total. The number of aliphatic imine (C=N–C) groups is 1. The molecular weight excluding hydrogens is 348 g/mol. The van der Waals surface area contributed by atoms with Gasteiger partial charge in [0.1, 0.15) is 11.5 Å². The van der Waals surface area contributed by atoms with Gasteiger partial charge in [0.15, 0.2) is 5.82 Å². The summed E-state index contributed by atoms with van der Waals surface area (Å²) < 4.78 is 0. The Labute approximate surface area is 164 Å². The number of aryl methyl sites for hydroxylation is 2. The maximum absolute atomic E-state index is 12.9. The third-order valence-corrected chi connectivity index (χ3v) is 4.69. The molecule has 0 unspecified atom stereocenters. The van der Waals surface area contributed by atoms with E-state index in [-0.39, 0.29) is 5.91 Å². The molecule has 0 saturated carbocycles.